The monoisotopic (exact) mass is 305 g/mol. The number of hydrogen-bond acceptors (Lipinski definition) is 5. The van der Waals surface area contributed by atoms with Crippen LogP contribution in [-0.2, 0) is 14.1 Å². The van der Waals surface area contributed by atoms with Crippen molar-refractivity contribution in [3.63, 3.8) is 0 Å². The molecule has 0 spiro atoms. The predicted octanol–water partition coefficient (Wildman–Crippen LogP) is 0.847. The topological polar surface area (TPSA) is 72.5 Å². The number of aromatic nitrogens is 1. The predicted molar refractivity (Wildman–Crippen MR) is 87.2 cm³/mol. The van der Waals surface area contributed by atoms with E-state index in [2.05, 4.69) is 15.6 Å². The van der Waals surface area contributed by atoms with Gasteiger partial charge in [0, 0.05) is 18.7 Å². The number of hydrogen-bond donors (Lipinski definition) is 2. The van der Waals surface area contributed by atoms with E-state index in [0.717, 1.165) is 11.0 Å². The standard InChI is InChI=1S/C15H24BN3O3/c1-10-7-11(13(18-8-10)19-9-12(20)17-6)16-21-14(2,3)15(4,5)22-16/h7-8H,9H2,1-6H3,(H,17,20)(H,18,19). The second-order valence-corrected chi connectivity index (χ2v) is 6.57. The Kier molecular flexibility index (Phi) is 4.49. The van der Waals surface area contributed by atoms with Crippen molar-refractivity contribution >= 4 is 24.3 Å². The molecule has 1 aromatic heterocycles. The molecule has 6 nitrogen and oxygen atoms in total. The van der Waals surface area contributed by atoms with Gasteiger partial charge in [0.1, 0.15) is 5.82 Å². The van der Waals surface area contributed by atoms with Crippen molar-refractivity contribution in [3.8, 4) is 0 Å². The van der Waals surface area contributed by atoms with Crippen LogP contribution in [0.15, 0.2) is 12.3 Å². The summed E-state index contributed by atoms with van der Waals surface area (Å²) in [6.45, 7) is 10.1. The van der Waals surface area contributed by atoms with E-state index in [9.17, 15) is 4.79 Å². The summed E-state index contributed by atoms with van der Waals surface area (Å²) in [5, 5.41) is 5.61. The van der Waals surface area contributed by atoms with E-state index in [1.807, 2.05) is 40.7 Å². The number of rotatable bonds is 4. The molecule has 0 unspecified atom stereocenters. The molecule has 7 heteroatoms. The van der Waals surface area contributed by atoms with Crippen LogP contribution in [0.3, 0.4) is 0 Å². The molecule has 0 aromatic carbocycles. The van der Waals surface area contributed by atoms with Crippen LogP contribution in [-0.4, -0.2) is 42.8 Å². The highest BCUT2D eigenvalue weighted by molar-refractivity contribution is 6.63. The van der Waals surface area contributed by atoms with Gasteiger partial charge in [-0.2, -0.15) is 0 Å². The van der Waals surface area contributed by atoms with Gasteiger partial charge < -0.3 is 19.9 Å². The average molecular weight is 305 g/mol. The first-order valence-corrected chi connectivity index (χ1v) is 7.43. The molecule has 1 saturated heterocycles. The summed E-state index contributed by atoms with van der Waals surface area (Å²) in [4.78, 5) is 15.8. The zero-order valence-corrected chi connectivity index (χ0v) is 14.1. The fourth-order valence-corrected chi connectivity index (χ4v) is 2.14. The van der Waals surface area contributed by atoms with Gasteiger partial charge in [0.2, 0.25) is 5.91 Å². The molecule has 0 aliphatic carbocycles. The Bertz CT molecular complexity index is 559. The third-order valence-electron chi connectivity index (χ3n) is 4.26. The highest BCUT2D eigenvalue weighted by atomic mass is 16.7. The number of carbonyl (C=O) groups is 1. The molecule has 1 fully saturated rings. The summed E-state index contributed by atoms with van der Waals surface area (Å²) in [6.07, 6.45) is 1.75. The minimum absolute atomic E-state index is 0.109. The zero-order valence-electron chi connectivity index (χ0n) is 14.1. The third kappa shape index (κ3) is 3.25. The molecule has 1 aliphatic heterocycles. The number of carbonyl (C=O) groups excluding carboxylic acids is 1. The largest absolute Gasteiger partial charge is 0.498 e. The molecule has 0 radical (unpaired) electrons. The molecule has 2 heterocycles. The van der Waals surface area contributed by atoms with Gasteiger partial charge in [0.15, 0.2) is 0 Å². The number of pyridine rings is 1. The maximum atomic E-state index is 11.4. The number of nitrogens with one attached hydrogen (secondary N) is 2. The van der Waals surface area contributed by atoms with Crippen LogP contribution in [0.5, 0.6) is 0 Å². The zero-order chi connectivity index (χ0) is 16.5. The molecule has 120 valence electrons. The van der Waals surface area contributed by atoms with Crippen molar-refractivity contribution < 1.29 is 14.1 Å². The first-order chi connectivity index (χ1) is 10.2. The van der Waals surface area contributed by atoms with Gasteiger partial charge >= 0.3 is 7.12 Å². The Hall–Kier alpha value is -1.60. The summed E-state index contributed by atoms with van der Waals surface area (Å²) in [6, 6.07) is 1.97. The number of anilines is 1. The molecule has 0 saturated carbocycles. The van der Waals surface area contributed by atoms with Crippen molar-refractivity contribution in [2.45, 2.75) is 45.8 Å². The van der Waals surface area contributed by atoms with E-state index >= 15 is 0 Å². The molecule has 22 heavy (non-hydrogen) atoms. The van der Waals surface area contributed by atoms with Gasteiger partial charge in [-0.1, -0.05) is 6.07 Å². The van der Waals surface area contributed by atoms with Gasteiger partial charge in [0.05, 0.1) is 17.7 Å². The van der Waals surface area contributed by atoms with E-state index in [0.29, 0.717) is 5.82 Å². The first kappa shape index (κ1) is 16.8. The Balaban J connectivity index is 2.27. The fraction of sp³-hybridized carbons (Fsp3) is 0.600. The van der Waals surface area contributed by atoms with Crippen molar-refractivity contribution in [2.75, 3.05) is 18.9 Å². The number of likely N-dealkylation sites (N-methyl/N-ethyl adjacent to an activating group) is 1. The van der Waals surface area contributed by atoms with Gasteiger partial charge in [-0.3, -0.25) is 4.79 Å². The lowest BCUT2D eigenvalue weighted by Gasteiger charge is -2.32. The van der Waals surface area contributed by atoms with Gasteiger partial charge in [-0.15, -0.1) is 0 Å². The highest BCUT2D eigenvalue weighted by Gasteiger charge is 2.52. The lowest BCUT2D eigenvalue weighted by atomic mass is 9.78. The van der Waals surface area contributed by atoms with Crippen LogP contribution in [0.4, 0.5) is 5.82 Å². The lowest BCUT2D eigenvalue weighted by molar-refractivity contribution is -0.118. The fourth-order valence-electron chi connectivity index (χ4n) is 2.14. The first-order valence-electron chi connectivity index (χ1n) is 7.43. The van der Waals surface area contributed by atoms with Crippen molar-refractivity contribution in [3.05, 3.63) is 17.8 Å². The number of nitrogens with zero attached hydrogens (tertiary/aromatic N) is 1. The maximum Gasteiger partial charge on any atom is 0.498 e. The molecule has 1 amide bonds. The summed E-state index contributed by atoms with van der Waals surface area (Å²) in [5.74, 6) is 0.495. The van der Waals surface area contributed by atoms with E-state index in [1.54, 1.807) is 13.2 Å². The van der Waals surface area contributed by atoms with Crippen LogP contribution in [0, 0.1) is 6.92 Å². The second-order valence-electron chi connectivity index (χ2n) is 6.57. The number of amides is 1. The highest BCUT2D eigenvalue weighted by Crippen LogP contribution is 2.36. The van der Waals surface area contributed by atoms with Crippen molar-refractivity contribution in [1.82, 2.24) is 10.3 Å². The van der Waals surface area contributed by atoms with Gasteiger partial charge in [-0.05, 0) is 40.2 Å². The van der Waals surface area contributed by atoms with Crippen molar-refractivity contribution in [2.24, 2.45) is 0 Å². The Morgan fingerprint density at radius 3 is 2.41 bits per heavy atom. The smallest absolute Gasteiger partial charge is 0.399 e. The van der Waals surface area contributed by atoms with Crippen LogP contribution < -0.4 is 16.1 Å². The maximum absolute atomic E-state index is 11.4. The second kappa shape index (κ2) is 5.89. The molecule has 0 bridgehead atoms. The molecular weight excluding hydrogens is 281 g/mol. The molecule has 2 N–H and O–H groups in total. The molecular formula is C15H24BN3O3. The van der Waals surface area contributed by atoms with Crippen LogP contribution in [0.25, 0.3) is 0 Å². The molecule has 1 aromatic rings. The third-order valence-corrected chi connectivity index (χ3v) is 4.26. The Morgan fingerprint density at radius 1 is 1.27 bits per heavy atom. The van der Waals surface area contributed by atoms with Crippen molar-refractivity contribution in [1.29, 1.82) is 0 Å². The van der Waals surface area contributed by atoms with E-state index < -0.39 is 18.3 Å². The molecule has 0 atom stereocenters. The average Bonchev–Trinajstić information content (AvgIpc) is 2.65. The number of aryl methyl sites for hydroxylation is 1. The van der Waals surface area contributed by atoms with Crippen LogP contribution in [0.2, 0.25) is 0 Å². The van der Waals surface area contributed by atoms with Gasteiger partial charge in [0.25, 0.3) is 0 Å². The van der Waals surface area contributed by atoms with Gasteiger partial charge in [-0.25, -0.2) is 4.98 Å². The van der Waals surface area contributed by atoms with E-state index in [4.69, 9.17) is 9.31 Å². The minimum atomic E-state index is -0.510. The SMILES string of the molecule is CNC(=O)CNc1ncc(C)cc1B1OC(C)(C)C(C)(C)O1. The molecule has 2 rings (SSSR count). The summed E-state index contributed by atoms with van der Waals surface area (Å²) < 4.78 is 12.2. The lowest BCUT2D eigenvalue weighted by Crippen LogP contribution is -2.41. The normalized spacial score (nSPS) is 19.1. The Labute approximate surface area is 132 Å². The summed E-state index contributed by atoms with van der Waals surface area (Å²) in [7, 11) is 1.09. The Morgan fingerprint density at radius 2 is 1.86 bits per heavy atom. The molecule has 1 aliphatic rings. The summed E-state index contributed by atoms with van der Waals surface area (Å²) in [5.41, 5.74) is 0.983. The van der Waals surface area contributed by atoms with Crippen LogP contribution >= 0.6 is 0 Å². The van der Waals surface area contributed by atoms with Crippen LogP contribution in [0.1, 0.15) is 33.3 Å². The van der Waals surface area contributed by atoms with E-state index in [1.165, 1.54) is 0 Å². The summed E-state index contributed by atoms with van der Waals surface area (Å²) >= 11 is 0. The van der Waals surface area contributed by atoms with E-state index in [-0.39, 0.29) is 12.5 Å². The minimum Gasteiger partial charge on any atom is -0.399 e. The quantitative estimate of drug-likeness (QED) is 0.807.